The molecule has 1 aromatic heterocycles. The molecule has 0 amide bonds. The number of halogens is 3. The highest BCUT2D eigenvalue weighted by atomic mass is 19.4. The van der Waals surface area contributed by atoms with Crippen LogP contribution in [0.1, 0.15) is 24.5 Å². The number of aliphatic hydroxyl groups is 1. The Morgan fingerprint density at radius 3 is 2.67 bits per heavy atom. The van der Waals surface area contributed by atoms with E-state index in [1.807, 2.05) is 0 Å². The predicted molar refractivity (Wildman–Crippen MR) is 49.2 cm³/mol. The van der Waals surface area contributed by atoms with Crippen LogP contribution in [0, 0.1) is 0 Å². The van der Waals surface area contributed by atoms with E-state index in [0.717, 1.165) is 6.20 Å². The first-order valence-corrected chi connectivity index (χ1v) is 4.59. The highest BCUT2D eigenvalue weighted by Gasteiger charge is 2.33. The maximum Gasteiger partial charge on any atom is 0.418 e. The van der Waals surface area contributed by atoms with Crippen LogP contribution >= 0.6 is 0 Å². The molecule has 1 rings (SSSR count). The molecule has 0 aliphatic carbocycles. The maximum atomic E-state index is 12.5. The van der Waals surface area contributed by atoms with E-state index in [2.05, 4.69) is 4.98 Å². The van der Waals surface area contributed by atoms with Crippen LogP contribution in [0.3, 0.4) is 0 Å². The van der Waals surface area contributed by atoms with Gasteiger partial charge < -0.3 is 5.11 Å². The van der Waals surface area contributed by atoms with E-state index >= 15 is 0 Å². The van der Waals surface area contributed by atoms with Crippen molar-refractivity contribution in [3.05, 3.63) is 29.6 Å². The molecule has 1 aromatic rings. The van der Waals surface area contributed by atoms with Crippen molar-refractivity contribution in [3.63, 3.8) is 0 Å². The molecule has 0 aliphatic heterocycles. The number of nitrogens with zero attached hydrogens (tertiary/aromatic N) is 1. The summed E-state index contributed by atoms with van der Waals surface area (Å²) in [5.74, 6) is 0. The van der Waals surface area contributed by atoms with Crippen molar-refractivity contribution in [1.82, 2.24) is 4.98 Å². The lowest BCUT2D eigenvalue weighted by molar-refractivity contribution is -0.138. The summed E-state index contributed by atoms with van der Waals surface area (Å²) >= 11 is 0. The van der Waals surface area contributed by atoms with Gasteiger partial charge >= 0.3 is 6.18 Å². The number of alkyl halides is 3. The number of hydrogen-bond acceptors (Lipinski definition) is 2. The predicted octanol–water partition coefficient (Wildman–Crippen LogP) is 2.41. The topological polar surface area (TPSA) is 33.1 Å². The van der Waals surface area contributed by atoms with Gasteiger partial charge in [0.2, 0.25) is 0 Å². The van der Waals surface area contributed by atoms with Crippen molar-refractivity contribution in [2.45, 2.75) is 32.0 Å². The summed E-state index contributed by atoms with van der Waals surface area (Å²) in [5, 5.41) is 9.01. The summed E-state index contributed by atoms with van der Waals surface area (Å²) in [6.07, 6.45) is -2.31. The second kappa shape index (κ2) is 4.61. The minimum Gasteiger partial charge on any atom is -0.393 e. The minimum atomic E-state index is -4.37. The molecule has 0 unspecified atom stereocenters. The fraction of sp³-hybridized carbons (Fsp3) is 0.500. The van der Waals surface area contributed by atoms with Gasteiger partial charge in [0.25, 0.3) is 0 Å². The smallest absolute Gasteiger partial charge is 0.393 e. The highest BCUT2D eigenvalue weighted by molar-refractivity contribution is 5.26. The molecule has 0 aliphatic rings. The number of rotatable bonds is 3. The molecule has 1 heterocycles. The van der Waals surface area contributed by atoms with Gasteiger partial charge in [-0.25, -0.2) is 0 Å². The van der Waals surface area contributed by atoms with Crippen LogP contribution in [0.4, 0.5) is 13.2 Å². The minimum absolute atomic E-state index is 0.179. The molecular formula is C10H12F3NO. The molecule has 1 N–H and O–H groups in total. The number of pyridine rings is 1. The van der Waals surface area contributed by atoms with E-state index < -0.39 is 17.8 Å². The summed E-state index contributed by atoms with van der Waals surface area (Å²) in [6, 6.07) is 1.34. The average Bonchev–Trinajstić information content (AvgIpc) is 2.13. The zero-order valence-corrected chi connectivity index (χ0v) is 8.25. The van der Waals surface area contributed by atoms with Crippen molar-refractivity contribution < 1.29 is 18.3 Å². The van der Waals surface area contributed by atoms with Gasteiger partial charge in [-0.05, 0) is 31.4 Å². The first kappa shape index (κ1) is 12.0. The van der Waals surface area contributed by atoms with Crippen LogP contribution in [0.25, 0.3) is 0 Å². The largest absolute Gasteiger partial charge is 0.418 e. The molecule has 15 heavy (non-hydrogen) atoms. The molecule has 0 aromatic carbocycles. The maximum absolute atomic E-state index is 12.5. The average molecular weight is 219 g/mol. The van der Waals surface area contributed by atoms with Crippen molar-refractivity contribution in [2.75, 3.05) is 0 Å². The van der Waals surface area contributed by atoms with Crippen molar-refractivity contribution >= 4 is 0 Å². The normalized spacial score (nSPS) is 13.9. The fourth-order valence-corrected chi connectivity index (χ4v) is 1.26. The van der Waals surface area contributed by atoms with Crippen LogP contribution in [0.5, 0.6) is 0 Å². The molecule has 0 spiro atoms. The third-order valence-corrected chi connectivity index (χ3v) is 2.05. The van der Waals surface area contributed by atoms with E-state index in [9.17, 15) is 13.2 Å². The van der Waals surface area contributed by atoms with Crippen molar-refractivity contribution in [1.29, 1.82) is 0 Å². The van der Waals surface area contributed by atoms with Crippen molar-refractivity contribution in [2.24, 2.45) is 0 Å². The zero-order chi connectivity index (χ0) is 11.5. The van der Waals surface area contributed by atoms with Gasteiger partial charge in [-0.2, -0.15) is 13.2 Å². The molecule has 0 bridgehead atoms. The summed E-state index contributed by atoms with van der Waals surface area (Å²) in [4.78, 5) is 3.46. The van der Waals surface area contributed by atoms with Gasteiger partial charge in [-0.15, -0.1) is 0 Å². The summed E-state index contributed by atoms with van der Waals surface area (Å²) in [7, 11) is 0. The Kier molecular flexibility index (Phi) is 3.68. The zero-order valence-electron chi connectivity index (χ0n) is 8.25. The monoisotopic (exact) mass is 219 g/mol. The fourth-order valence-electron chi connectivity index (χ4n) is 1.26. The molecule has 1 atom stereocenters. The van der Waals surface area contributed by atoms with E-state index in [-0.39, 0.29) is 12.0 Å². The van der Waals surface area contributed by atoms with Gasteiger partial charge in [0, 0.05) is 12.4 Å². The Bertz CT molecular complexity index is 323. The lowest BCUT2D eigenvalue weighted by Gasteiger charge is -2.12. The number of aryl methyl sites for hydroxylation is 1. The molecule has 84 valence electrons. The molecule has 0 fully saturated rings. The Balaban J connectivity index is 2.87. The van der Waals surface area contributed by atoms with Crippen LogP contribution < -0.4 is 0 Å². The Morgan fingerprint density at radius 2 is 2.13 bits per heavy atom. The van der Waals surface area contributed by atoms with Gasteiger partial charge in [0.15, 0.2) is 0 Å². The van der Waals surface area contributed by atoms with Gasteiger partial charge in [-0.3, -0.25) is 4.98 Å². The second-order valence-corrected chi connectivity index (χ2v) is 3.42. The molecule has 0 saturated heterocycles. The summed E-state index contributed by atoms with van der Waals surface area (Å²) in [6.45, 7) is 1.55. The first-order valence-electron chi connectivity index (χ1n) is 4.59. The molecule has 5 heteroatoms. The molecule has 0 saturated carbocycles. The van der Waals surface area contributed by atoms with Crippen LogP contribution in [-0.4, -0.2) is 16.2 Å². The molecule has 0 radical (unpaired) electrons. The number of aromatic nitrogens is 1. The van der Waals surface area contributed by atoms with E-state index in [1.165, 1.54) is 12.3 Å². The van der Waals surface area contributed by atoms with Crippen molar-refractivity contribution in [3.8, 4) is 0 Å². The van der Waals surface area contributed by atoms with E-state index in [0.29, 0.717) is 6.42 Å². The Hall–Kier alpha value is -1.10. The highest BCUT2D eigenvalue weighted by Crippen LogP contribution is 2.31. The SMILES string of the molecule is C[C@@H](O)CCc1ccncc1C(F)(F)F. The van der Waals surface area contributed by atoms with Gasteiger partial charge in [0.1, 0.15) is 0 Å². The lowest BCUT2D eigenvalue weighted by Crippen LogP contribution is -2.11. The lowest BCUT2D eigenvalue weighted by atomic mass is 10.0. The first-order chi connectivity index (χ1) is 6.91. The quantitative estimate of drug-likeness (QED) is 0.846. The third-order valence-electron chi connectivity index (χ3n) is 2.05. The summed E-state index contributed by atoms with van der Waals surface area (Å²) < 4.78 is 37.4. The van der Waals surface area contributed by atoms with E-state index in [4.69, 9.17) is 5.11 Å². The third kappa shape index (κ3) is 3.51. The molecular weight excluding hydrogens is 207 g/mol. The molecule has 2 nitrogen and oxygen atoms in total. The van der Waals surface area contributed by atoms with Gasteiger partial charge in [0.05, 0.1) is 11.7 Å². The van der Waals surface area contributed by atoms with Crippen LogP contribution in [0.2, 0.25) is 0 Å². The summed E-state index contributed by atoms with van der Waals surface area (Å²) in [5.41, 5.74) is -0.538. The second-order valence-electron chi connectivity index (χ2n) is 3.42. The number of hydrogen-bond donors (Lipinski definition) is 1. The van der Waals surface area contributed by atoms with Crippen LogP contribution in [0.15, 0.2) is 18.5 Å². The standard InChI is InChI=1S/C10H12F3NO/c1-7(15)2-3-8-4-5-14-6-9(8)10(11,12)13/h4-7,15H,2-3H2,1H3/t7-/m1/s1. The van der Waals surface area contributed by atoms with E-state index in [1.54, 1.807) is 6.92 Å². The Morgan fingerprint density at radius 1 is 1.47 bits per heavy atom. The number of aliphatic hydroxyl groups excluding tert-OH is 1. The Labute approximate surface area is 85.8 Å². The van der Waals surface area contributed by atoms with Crippen LogP contribution in [-0.2, 0) is 12.6 Å². The van der Waals surface area contributed by atoms with Gasteiger partial charge in [-0.1, -0.05) is 0 Å².